The number of nitrogens with one attached hydrogen (secondary N) is 1. The van der Waals surface area contributed by atoms with E-state index < -0.39 is 12.1 Å². The zero-order valence-electron chi connectivity index (χ0n) is 16.5. The van der Waals surface area contributed by atoms with Gasteiger partial charge in [0.1, 0.15) is 5.76 Å². The lowest BCUT2D eigenvalue weighted by Crippen LogP contribution is -2.26. The minimum Gasteiger partial charge on any atom is -0.479 e. The molecule has 1 aromatic rings. The number of benzene rings is 1. The number of hydrogen-bond acceptors (Lipinski definition) is 5. The van der Waals surface area contributed by atoms with Crippen LogP contribution in [0.2, 0.25) is 0 Å². The summed E-state index contributed by atoms with van der Waals surface area (Å²) in [6, 6.07) is 7.05. The highest BCUT2D eigenvalue weighted by molar-refractivity contribution is 7.94. The van der Waals surface area contributed by atoms with Crippen molar-refractivity contribution < 1.29 is 23.6 Å². The van der Waals surface area contributed by atoms with Crippen LogP contribution < -0.4 is 5.32 Å². The third-order valence-electron chi connectivity index (χ3n) is 4.01. The molecule has 0 saturated heterocycles. The van der Waals surface area contributed by atoms with Crippen LogP contribution in [-0.4, -0.2) is 35.9 Å². The van der Waals surface area contributed by atoms with Crippen LogP contribution in [0.5, 0.6) is 0 Å². The van der Waals surface area contributed by atoms with Crippen LogP contribution in [0.1, 0.15) is 18.9 Å². The standard InChI is InChI=1S/C22H25NO5S/c1-3-27-20(22(25)26)15-17-7-11-18(12-8-17)23-21(24)14-10-16-5-4-6-19(13-9-16)28-29-2/h4,6-14,20H,3,5,15H2,1-2H3,(H,23,24)(H,25,26)/b14-10+. The summed E-state index contributed by atoms with van der Waals surface area (Å²) in [6.45, 7) is 2.10. The lowest BCUT2D eigenvalue weighted by atomic mass is 10.1. The Labute approximate surface area is 175 Å². The smallest absolute Gasteiger partial charge is 0.333 e. The van der Waals surface area contributed by atoms with Crippen LogP contribution in [0, 0.1) is 0 Å². The number of amides is 1. The van der Waals surface area contributed by atoms with Gasteiger partial charge in [-0.25, -0.2) is 4.79 Å². The van der Waals surface area contributed by atoms with Crippen molar-refractivity contribution in [3.63, 3.8) is 0 Å². The molecule has 1 aliphatic carbocycles. The summed E-state index contributed by atoms with van der Waals surface area (Å²) in [5.74, 6) is -0.465. The average molecular weight is 416 g/mol. The molecule has 2 N–H and O–H groups in total. The molecule has 1 amide bonds. The van der Waals surface area contributed by atoms with Crippen molar-refractivity contribution in [1.29, 1.82) is 0 Å². The van der Waals surface area contributed by atoms with E-state index >= 15 is 0 Å². The average Bonchev–Trinajstić information content (AvgIpc) is 2.93. The largest absolute Gasteiger partial charge is 0.479 e. The van der Waals surface area contributed by atoms with Gasteiger partial charge in [0.2, 0.25) is 5.91 Å². The van der Waals surface area contributed by atoms with E-state index in [4.69, 9.17) is 14.0 Å². The Hall–Kier alpha value is -2.77. The lowest BCUT2D eigenvalue weighted by Gasteiger charge is -2.12. The van der Waals surface area contributed by atoms with E-state index in [9.17, 15) is 9.59 Å². The van der Waals surface area contributed by atoms with E-state index in [0.717, 1.165) is 16.9 Å². The van der Waals surface area contributed by atoms with E-state index in [1.165, 1.54) is 18.1 Å². The highest BCUT2D eigenvalue weighted by Gasteiger charge is 2.17. The minimum atomic E-state index is -0.987. The summed E-state index contributed by atoms with van der Waals surface area (Å²) in [5.41, 5.74) is 2.45. The predicted octanol–water partition coefficient (Wildman–Crippen LogP) is 4.28. The Morgan fingerprint density at radius 2 is 2.03 bits per heavy atom. The Bertz CT molecular complexity index is 824. The highest BCUT2D eigenvalue weighted by Crippen LogP contribution is 2.17. The fraction of sp³-hybridized carbons (Fsp3) is 0.273. The van der Waals surface area contributed by atoms with E-state index in [2.05, 4.69) is 5.32 Å². The monoisotopic (exact) mass is 415 g/mol. The van der Waals surface area contributed by atoms with Crippen molar-refractivity contribution in [2.75, 3.05) is 18.2 Å². The summed E-state index contributed by atoms with van der Waals surface area (Å²) >= 11 is 1.28. The maximum absolute atomic E-state index is 12.2. The van der Waals surface area contributed by atoms with Crippen LogP contribution in [0.4, 0.5) is 5.69 Å². The summed E-state index contributed by atoms with van der Waals surface area (Å²) in [6.07, 6.45) is 12.9. The van der Waals surface area contributed by atoms with E-state index in [0.29, 0.717) is 18.7 Å². The Morgan fingerprint density at radius 3 is 2.69 bits per heavy atom. The van der Waals surface area contributed by atoms with Gasteiger partial charge in [-0.1, -0.05) is 30.4 Å². The number of anilines is 1. The quantitative estimate of drug-likeness (QED) is 0.438. The van der Waals surface area contributed by atoms with Gasteiger partial charge in [-0.2, -0.15) is 0 Å². The first-order chi connectivity index (χ1) is 14.0. The molecule has 1 atom stereocenters. The van der Waals surface area contributed by atoms with Crippen molar-refractivity contribution in [2.45, 2.75) is 25.9 Å². The number of rotatable bonds is 10. The maximum Gasteiger partial charge on any atom is 0.333 e. The number of carbonyl (C=O) groups is 2. The Balaban J connectivity index is 1.91. The number of aliphatic carboxylic acids is 1. The van der Waals surface area contributed by atoms with Gasteiger partial charge in [0.25, 0.3) is 0 Å². The number of ether oxygens (including phenoxy) is 1. The van der Waals surface area contributed by atoms with Gasteiger partial charge in [-0.05, 0) is 48.8 Å². The third kappa shape index (κ3) is 8.01. The number of carboxylic acid groups (broad SMARTS) is 1. The summed E-state index contributed by atoms with van der Waals surface area (Å²) in [4.78, 5) is 23.3. The first kappa shape index (κ1) is 22.5. The Morgan fingerprint density at radius 1 is 1.28 bits per heavy atom. The maximum atomic E-state index is 12.2. The molecule has 2 rings (SSSR count). The lowest BCUT2D eigenvalue weighted by molar-refractivity contribution is -0.149. The normalized spacial score (nSPS) is 14.7. The van der Waals surface area contributed by atoms with Gasteiger partial charge in [-0.15, -0.1) is 0 Å². The number of allylic oxidation sites excluding steroid dienone is 6. The molecular weight excluding hydrogens is 390 g/mol. The zero-order chi connectivity index (χ0) is 21.1. The SMILES string of the molecule is CCOC(Cc1ccc(NC(=O)/C=C/C2=CC=C(OSC)C=CC2)cc1)C(=O)O. The van der Waals surface area contributed by atoms with Gasteiger partial charge in [-0.3, -0.25) is 4.79 Å². The van der Waals surface area contributed by atoms with E-state index in [1.54, 1.807) is 37.3 Å². The summed E-state index contributed by atoms with van der Waals surface area (Å²) in [7, 11) is 0. The van der Waals surface area contributed by atoms with Crippen molar-refractivity contribution in [3.05, 3.63) is 77.6 Å². The molecule has 0 radical (unpaired) electrons. The highest BCUT2D eigenvalue weighted by atomic mass is 32.2. The fourth-order valence-corrected chi connectivity index (χ4v) is 2.93. The van der Waals surface area contributed by atoms with Crippen molar-refractivity contribution in [2.24, 2.45) is 0 Å². The number of hydrogen-bond donors (Lipinski definition) is 2. The minimum absolute atomic E-state index is 0.242. The molecule has 0 fully saturated rings. The van der Waals surface area contributed by atoms with Crippen LogP contribution in [0.25, 0.3) is 0 Å². The molecule has 7 heteroatoms. The third-order valence-corrected chi connectivity index (χ3v) is 4.37. The predicted molar refractivity (Wildman–Crippen MR) is 115 cm³/mol. The molecule has 1 unspecified atom stereocenters. The van der Waals surface area contributed by atoms with Gasteiger partial charge in [0.15, 0.2) is 6.10 Å². The van der Waals surface area contributed by atoms with Crippen molar-refractivity contribution >= 4 is 29.6 Å². The van der Waals surface area contributed by atoms with Gasteiger partial charge in [0, 0.05) is 31.0 Å². The second-order valence-electron chi connectivity index (χ2n) is 6.17. The molecule has 0 aromatic heterocycles. The number of carboxylic acids is 1. The van der Waals surface area contributed by atoms with Crippen LogP contribution in [0.3, 0.4) is 0 Å². The first-order valence-electron chi connectivity index (χ1n) is 9.22. The zero-order valence-corrected chi connectivity index (χ0v) is 17.3. The van der Waals surface area contributed by atoms with Crippen molar-refractivity contribution in [3.8, 4) is 0 Å². The molecule has 0 bridgehead atoms. The second-order valence-corrected chi connectivity index (χ2v) is 6.67. The first-order valence-corrected chi connectivity index (χ1v) is 10.4. The topological polar surface area (TPSA) is 84.9 Å². The van der Waals surface area contributed by atoms with Gasteiger partial charge < -0.3 is 19.3 Å². The van der Waals surface area contributed by atoms with Crippen molar-refractivity contribution in [1.82, 2.24) is 0 Å². The van der Waals surface area contributed by atoms with Crippen LogP contribution in [-0.2, 0) is 24.9 Å². The molecule has 0 spiro atoms. The van der Waals surface area contributed by atoms with Gasteiger partial charge >= 0.3 is 5.97 Å². The van der Waals surface area contributed by atoms with Crippen LogP contribution in [0.15, 0.2) is 72.1 Å². The van der Waals surface area contributed by atoms with Gasteiger partial charge in [0.05, 0.1) is 12.0 Å². The summed E-state index contributed by atoms with van der Waals surface area (Å²) in [5, 5.41) is 11.9. The number of carbonyl (C=O) groups excluding carboxylic acids is 1. The molecule has 0 heterocycles. The molecular formula is C22H25NO5S. The molecule has 1 aromatic carbocycles. The molecule has 1 aliphatic rings. The summed E-state index contributed by atoms with van der Waals surface area (Å²) < 4.78 is 10.6. The van der Waals surface area contributed by atoms with E-state index in [1.807, 2.05) is 30.6 Å². The molecule has 154 valence electrons. The molecule has 0 aliphatic heterocycles. The van der Waals surface area contributed by atoms with E-state index in [-0.39, 0.29) is 12.3 Å². The molecule has 29 heavy (non-hydrogen) atoms. The molecule has 0 saturated carbocycles. The molecule has 6 nitrogen and oxygen atoms in total. The van der Waals surface area contributed by atoms with Crippen LogP contribution >= 0.6 is 12.0 Å². The fourth-order valence-electron chi connectivity index (χ4n) is 2.62. The Kier molecular flexibility index (Phi) is 9.27. The second kappa shape index (κ2) is 11.9.